The molecule has 4 aromatic rings. The number of hydrogen-bond acceptors (Lipinski definition) is 9. The van der Waals surface area contributed by atoms with Crippen LogP contribution in [-0.2, 0) is 30.6 Å². The van der Waals surface area contributed by atoms with E-state index in [2.05, 4.69) is 25.5 Å². The number of nitrogens with one attached hydrogen (secondary N) is 1. The Morgan fingerprint density at radius 1 is 1.14 bits per heavy atom. The quantitative estimate of drug-likeness (QED) is 0.374. The third-order valence-corrected chi connectivity index (χ3v) is 5.70. The molecule has 1 aliphatic heterocycles. The third-order valence-electron chi connectivity index (χ3n) is 5.70. The number of anilines is 3. The number of aromatic nitrogens is 4. The van der Waals surface area contributed by atoms with Crippen LogP contribution in [0, 0.1) is 0 Å². The molecule has 2 aromatic carbocycles. The van der Waals surface area contributed by atoms with Crippen molar-refractivity contribution in [1.82, 2.24) is 25.1 Å². The molecule has 5 rings (SSSR count). The molecule has 186 valence electrons. The number of nitrogen functional groups attached to an aromatic ring is 1. The molecule has 0 unspecified atom stereocenters. The molecule has 0 radical (unpaired) electrons. The first kappa shape index (κ1) is 24.8. The minimum absolute atomic E-state index is 0.127. The Morgan fingerprint density at radius 2 is 1.94 bits per heavy atom. The Labute approximate surface area is 209 Å². The van der Waals surface area contributed by atoms with Gasteiger partial charge in [-0.2, -0.15) is 4.98 Å². The fraction of sp³-hybridized carbons (Fsp3) is 0.269. The van der Waals surface area contributed by atoms with Crippen molar-refractivity contribution in [3.8, 4) is 11.5 Å². The van der Waals surface area contributed by atoms with Crippen molar-refractivity contribution in [3.63, 3.8) is 0 Å². The summed E-state index contributed by atoms with van der Waals surface area (Å²) in [4.78, 5) is 22.1. The van der Waals surface area contributed by atoms with Gasteiger partial charge in [0.25, 0.3) is 5.89 Å². The molecule has 10 heteroatoms. The van der Waals surface area contributed by atoms with Crippen molar-refractivity contribution < 1.29 is 14.3 Å². The number of nitrogens with zero attached hydrogens (tertiary/aromatic N) is 5. The van der Waals surface area contributed by atoms with Crippen LogP contribution in [0.4, 0.5) is 17.5 Å². The maximum absolute atomic E-state index is 11.8. The summed E-state index contributed by atoms with van der Waals surface area (Å²) in [6.07, 6.45) is 3.39. The van der Waals surface area contributed by atoms with Crippen LogP contribution in [0.2, 0.25) is 0 Å². The number of aliphatic hydroxyl groups is 1. The lowest BCUT2D eigenvalue weighted by Crippen LogP contribution is -2.32. The van der Waals surface area contributed by atoms with Crippen LogP contribution in [0.25, 0.3) is 11.5 Å². The van der Waals surface area contributed by atoms with Crippen molar-refractivity contribution in [2.45, 2.75) is 32.7 Å². The highest BCUT2D eigenvalue weighted by molar-refractivity contribution is 5.81. The summed E-state index contributed by atoms with van der Waals surface area (Å²) in [7, 11) is 1.80. The number of likely N-dealkylation sites (N-methyl/N-ethyl adjacent to an activating group) is 1. The van der Waals surface area contributed by atoms with Crippen molar-refractivity contribution >= 4 is 23.4 Å². The lowest BCUT2D eigenvalue weighted by Gasteiger charge is -2.25. The molecule has 1 aliphatic rings. The second kappa shape index (κ2) is 11.4. The van der Waals surface area contributed by atoms with Crippen LogP contribution in [0.15, 0.2) is 59.1 Å². The van der Waals surface area contributed by atoms with Gasteiger partial charge in [0.1, 0.15) is 5.82 Å². The number of benzene rings is 2. The molecule has 4 N–H and O–H groups in total. The molecule has 36 heavy (non-hydrogen) atoms. The van der Waals surface area contributed by atoms with Crippen molar-refractivity contribution in [3.05, 3.63) is 77.3 Å². The fourth-order valence-corrected chi connectivity index (χ4v) is 3.69. The summed E-state index contributed by atoms with van der Waals surface area (Å²) in [5, 5.41) is 19.6. The molecule has 0 saturated heterocycles. The summed E-state index contributed by atoms with van der Waals surface area (Å²) >= 11 is 0. The number of nitrogens with two attached hydrogens (primary N) is 1. The summed E-state index contributed by atoms with van der Waals surface area (Å²) in [6, 6.07) is 15.8. The van der Waals surface area contributed by atoms with E-state index in [0.29, 0.717) is 42.7 Å². The maximum Gasteiger partial charge on any atom is 0.253 e. The van der Waals surface area contributed by atoms with E-state index in [4.69, 9.17) is 15.3 Å². The molecule has 2 aromatic heterocycles. The second-order valence-corrected chi connectivity index (χ2v) is 8.34. The van der Waals surface area contributed by atoms with Crippen LogP contribution in [0.3, 0.4) is 0 Å². The van der Waals surface area contributed by atoms with Gasteiger partial charge in [-0.25, -0.2) is 4.98 Å². The highest BCUT2D eigenvalue weighted by atomic mass is 16.4. The lowest BCUT2D eigenvalue weighted by atomic mass is 9.99. The predicted molar refractivity (Wildman–Crippen MR) is 136 cm³/mol. The van der Waals surface area contributed by atoms with Gasteiger partial charge in [0, 0.05) is 38.5 Å². The number of rotatable bonds is 6. The molecule has 10 nitrogen and oxygen atoms in total. The van der Waals surface area contributed by atoms with Crippen LogP contribution in [0.5, 0.6) is 0 Å². The SMILES string of the molecule is CCc1nnc(-c2cnc(Nc3ccc4c(c3)CN(C)C(=O)C4)nc2N)o1.OCCc1ccccc1. The number of fused-ring (bicyclic) bond motifs is 1. The van der Waals surface area contributed by atoms with Gasteiger partial charge in [-0.1, -0.05) is 43.3 Å². The first-order chi connectivity index (χ1) is 17.5. The Hall–Kier alpha value is -4.31. The molecule has 0 atom stereocenters. The third kappa shape index (κ3) is 6.02. The molecule has 3 heterocycles. The van der Waals surface area contributed by atoms with Crippen molar-refractivity contribution in [2.24, 2.45) is 0 Å². The Bertz CT molecular complexity index is 1320. The van der Waals surface area contributed by atoms with E-state index in [1.165, 1.54) is 5.56 Å². The van der Waals surface area contributed by atoms with Gasteiger partial charge in [-0.3, -0.25) is 4.79 Å². The van der Waals surface area contributed by atoms with Crippen molar-refractivity contribution in [1.29, 1.82) is 0 Å². The zero-order chi connectivity index (χ0) is 25.5. The van der Waals surface area contributed by atoms with Gasteiger partial charge in [0.15, 0.2) is 0 Å². The standard InChI is InChI=1S/C18H19N7O2.C8H10O/c1-3-14-23-24-17(27-14)13-8-20-18(22-16(13)19)21-12-5-4-10-7-15(26)25(2)9-11(10)6-12;9-7-6-8-4-2-1-3-5-8/h4-6,8H,3,7,9H2,1-2H3,(H3,19,20,21,22);1-5,9H,6-7H2. The normalized spacial score (nSPS) is 12.5. The predicted octanol–water partition coefficient (Wildman–Crippen LogP) is 3.15. The summed E-state index contributed by atoms with van der Waals surface area (Å²) in [6.45, 7) is 2.75. The molecule has 0 spiro atoms. The number of carbonyl (C=O) groups is 1. The fourth-order valence-electron chi connectivity index (χ4n) is 3.69. The zero-order valence-electron chi connectivity index (χ0n) is 20.3. The van der Waals surface area contributed by atoms with Gasteiger partial charge in [-0.15, -0.1) is 10.2 Å². The van der Waals surface area contributed by atoms with Crippen molar-refractivity contribution in [2.75, 3.05) is 24.7 Å². The first-order valence-electron chi connectivity index (χ1n) is 11.7. The molecular formula is C26H29N7O3. The number of amides is 1. The van der Waals surface area contributed by atoms with Gasteiger partial charge in [0.2, 0.25) is 17.7 Å². The molecule has 0 bridgehead atoms. The van der Waals surface area contributed by atoms with E-state index in [1.54, 1.807) is 18.1 Å². The highest BCUT2D eigenvalue weighted by Crippen LogP contribution is 2.26. The second-order valence-electron chi connectivity index (χ2n) is 8.34. The Morgan fingerprint density at radius 3 is 2.64 bits per heavy atom. The molecule has 0 aliphatic carbocycles. The molecular weight excluding hydrogens is 458 g/mol. The van der Waals surface area contributed by atoms with Gasteiger partial charge < -0.3 is 25.5 Å². The van der Waals surface area contributed by atoms with E-state index in [0.717, 1.165) is 23.2 Å². The van der Waals surface area contributed by atoms with Crippen LogP contribution < -0.4 is 11.1 Å². The van der Waals surface area contributed by atoms with Crippen LogP contribution in [0.1, 0.15) is 29.5 Å². The lowest BCUT2D eigenvalue weighted by molar-refractivity contribution is -0.130. The minimum Gasteiger partial charge on any atom is -0.421 e. The van der Waals surface area contributed by atoms with Crippen LogP contribution in [-0.4, -0.2) is 49.7 Å². The molecule has 0 saturated carbocycles. The monoisotopic (exact) mass is 487 g/mol. The average Bonchev–Trinajstić information content (AvgIpc) is 3.35. The van der Waals surface area contributed by atoms with E-state index >= 15 is 0 Å². The number of hydrogen-bond donors (Lipinski definition) is 3. The minimum atomic E-state index is 0.127. The smallest absolute Gasteiger partial charge is 0.253 e. The number of aliphatic hydroxyl groups excluding tert-OH is 1. The highest BCUT2D eigenvalue weighted by Gasteiger charge is 2.20. The number of aryl methyl sites for hydroxylation is 1. The van der Waals surface area contributed by atoms with Gasteiger partial charge >= 0.3 is 0 Å². The summed E-state index contributed by atoms with van der Waals surface area (Å²) in [5.41, 5.74) is 10.7. The van der Waals surface area contributed by atoms with Gasteiger partial charge in [0.05, 0.1) is 12.0 Å². The zero-order valence-corrected chi connectivity index (χ0v) is 20.3. The van der Waals surface area contributed by atoms with E-state index < -0.39 is 0 Å². The van der Waals surface area contributed by atoms with E-state index in [-0.39, 0.29) is 18.3 Å². The van der Waals surface area contributed by atoms with E-state index in [1.807, 2.05) is 55.5 Å². The summed E-state index contributed by atoms with van der Waals surface area (Å²) in [5.74, 6) is 1.58. The first-order valence-corrected chi connectivity index (χ1v) is 11.7. The average molecular weight is 488 g/mol. The van der Waals surface area contributed by atoms with Gasteiger partial charge in [-0.05, 0) is 35.2 Å². The van der Waals surface area contributed by atoms with Crippen LogP contribution >= 0.6 is 0 Å². The molecule has 1 amide bonds. The molecule has 0 fully saturated rings. The Kier molecular flexibility index (Phi) is 7.86. The summed E-state index contributed by atoms with van der Waals surface area (Å²) < 4.78 is 5.50. The topological polar surface area (TPSA) is 143 Å². The maximum atomic E-state index is 11.8. The Balaban J connectivity index is 0.000000286. The number of carbonyl (C=O) groups excluding carboxylic acids is 1. The largest absolute Gasteiger partial charge is 0.421 e. The van der Waals surface area contributed by atoms with E-state index in [9.17, 15) is 4.79 Å².